The Kier molecular flexibility index (Phi) is 5.30. The van der Waals surface area contributed by atoms with Gasteiger partial charge in [0.05, 0.1) is 6.54 Å². The van der Waals surface area contributed by atoms with E-state index in [0.717, 1.165) is 58.0 Å². The van der Waals surface area contributed by atoms with E-state index < -0.39 is 18.6 Å². The van der Waals surface area contributed by atoms with Gasteiger partial charge in [0.2, 0.25) is 0 Å². The third-order valence-corrected chi connectivity index (χ3v) is 8.67. The molecule has 0 bridgehead atoms. The van der Waals surface area contributed by atoms with Crippen LogP contribution in [0.15, 0.2) is 0 Å². The number of urea groups is 1. The Hall–Kier alpha value is -1.64. The van der Waals surface area contributed by atoms with E-state index in [1.807, 2.05) is 4.90 Å². The lowest BCUT2D eigenvalue weighted by atomic mass is 9.64. The van der Waals surface area contributed by atoms with E-state index in [1.165, 1.54) is 4.90 Å². The highest BCUT2D eigenvalue weighted by molar-refractivity contribution is 5.75. The molecule has 7 nitrogen and oxygen atoms in total. The van der Waals surface area contributed by atoms with Gasteiger partial charge in [-0.1, -0.05) is 0 Å². The van der Waals surface area contributed by atoms with Crippen LogP contribution in [0.1, 0.15) is 51.4 Å². The molecular formula is C22H34F2N4O3. The molecule has 5 aliphatic rings. The monoisotopic (exact) mass is 440 g/mol. The fourth-order valence-electron chi connectivity index (χ4n) is 6.90. The Morgan fingerprint density at radius 3 is 2.19 bits per heavy atom. The molecule has 9 heteroatoms. The van der Waals surface area contributed by atoms with Crippen molar-refractivity contribution in [2.45, 2.75) is 69.4 Å². The zero-order valence-electron chi connectivity index (χ0n) is 18.1. The summed E-state index contributed by atoms with van der Waals surface area (Å²) in [5.74, 6) is -2.29. The number of amides is 3. The molecule has 0 radical (unpaired) electrons. The van der Waals surface area contributed by atoms with Crippen LogP contribution < -0.4 is 0 Å². The maximum atomic E-state index is 13.6. The summed E-state index contributed by atoms with van der Waals surface area (Å²) < 4.78 is 27.1. The second kappa shape index (κ2) is 7.74. The average molecular weight is 441 g/mol. The number of alkyl halides is 2. The van der Waals surface area contributed by atoms with Gasteiger partial charge in [-0.05, 0) is 69.4 Å². The topological polar surface area (TPSA) is 67.3 Å². The highest BCUT2D eigenvalue weighted by Gasteiger charge is 2.52. The Morgan fingerprint density at radius 2 is 1.58 bits per heavy atom. The molecule has 1 spiro atoms. The van der Waals surface area contributed by atoms with Crippen LogP contribution in [0.3, 0.4) is 0 Å². The highest BCUT2D eigenvalue weighted by atomic mass is 19.3. The largest absolute Gasteiger partial charge is 0.465 e. The summed E-state index contributed by atoms with van der Waals surface area (Å²) >= 11 is 0. The fourth-order valence-corrected chi connectivity index (χ4v) is 6.90. The first-order valence-electron chi connectivity index (χ1n) is 11.9. The van der Waals surface area contributed by atoms with Crippen molar-refractivity contribution in [3.8, 4) is 0 Å². The number of carbonyl (C=O) groups is 2. The van der Waals surface area contributed by atoms with Crippen LogP contribution >= 0.6 is 0 Å². The SMILES string of the molecule is O=C(O)N1CCC2(CC(N3CCC([C@@H]4CCCN4C(=O)N4CCC(F)(F)C4)CC3)C2)C1. The summed E-state index contributed by atoms with van der Waals surface area (Å²) in [5, 5.41) is 9.22. The van der Waals surface area contributed by atoms with E-state index in [-0.39, 0.29) is 30.5 Å². The molecule has 1 saturated carbocycles. The molecule has 1 N–H and O–H groups in total. The third-order valence-electron chi connectivity index (χ3n) is 8.67. The number of piperidine rings is 1. The van der Waals surface area contributed by atoms with Crippen LogP contribution in [0.25, 0.3) is 0 Å². The molecule has 4 saturated heterocycles. The van der Waals surface area contributed by atoms with Crippen molar-refractivity contribution in [1.82, 2.24) is 19.6 Å². The standard InChI is InChI=1S/C22H34F2N4O3/c23-22(24)6-11-26(15-22)19(29)28-7-1-2-18(28)16-3-8-25(9-4-16)17-12-21(13-17)5-10-27(14-21)20(30)31/h16-18H,1-15H2,(H,30,31)/t17?,18-,21?/m0/s1. The van der Waals surface area contributed by atoms with Gasteiger partial charge in [0.25, 0.3) is 5.92 Å². The summed E-state index contributed by atoms with van der Waals surface area (Å²) in [7, 11) is 0. The van der Waals surface area contributed by atoms with E-state index in [2.05, 4.69) is 4.90 Å². The summed E-state index contributed by atoms with van der Waals surface area (Å²) in [4.78, 5) is 31.5. The molecule has 5 rings (SSSR count). The van der Waals surface area contributed by atoms with Crippen molar-refractivity contribution in [3.63, 3.8) is 0 Å². The van der Waals surface area contributed by atoms with Gasteiger partial charge in [-0.25, -0.2) is 18.4 Å². The highest BCUT2D eigenvalue weighted by Crippen LogP contribution is 2.50. The molecule has 5 fully saturated rings. The lowest BCUT2D eigenvalue weighted by Crippen LogP contribution is -2.55. The van der Waals surface area contributed by atoms with Gasteiger partial charge >= 0.3 is 12.1 Å². The molecule has 3 amide bonds. The van der Waals surface area contributed by atoms with E-state index in [4.69, 9.17) is 0 Å². The first kappa shape index (κ1) is 21.2. The number of halogens is 2. The summed E-state index contributed by atoms with van der Waals surface area (Å²) in [6, 6.07) is 0.561. The maximum absolute atomic E-state index is 13.6. The number of nitrogens with zero attached hydrogens (tertiary/aromatic N) is 4. The third kappa shape index (κ3) is 3.98. The lowest BCUT2D eigenvalue weighted by molar-refractivity contribution is -0.0146. The normalized spacial score (nSPS) is 36.4. The first-order chi connectivity index (χ1) is 14.8. The van der Waals surface area contributed by atoms with Crippen molar-refractivity contribution in [3.05, 3.63) is 0 Å². The molecule has 0 aromatic rings. The molecule has 0 unspecified atom stereocenters. The molecule has 4 aliphatic heterocycles. The van der Waals surface area contributed by atoms with Gasteiger partial charge in [-0.3, -0.25) is 0 Å². The van der Waals surface area contributed by atoms with E-state index in [0.29, 0.717) is 31.6 Å². The van der Waals surface area contributed by atoms with Crippen LogP contribution in [-0.4, -0.2) is 101 Å². The second-order valence-electron chi connectivity index (χ2n) is 10.6. The van der Waals surface area contributed by atoms with Crippen LogP contribution in [0.2, 0.25) is 0 Å². The van der Waals surface area contributed by atoms with Crippen LogP contribution in [0.4, 0.5) is 18.4 Å². The quantitative estimate of drug-likeness (QED) is 0.716. The number of rotatable bonds is 2. The maximum Gasteiger partial charge on any atom is 0.407 e. The van der Waals surface area contributed by atoms with E-state index in [1.54, 1.807) is 4.90 Å². The van der Waals surface area contributed by atoms with Crippen molar-refractivity contribution < 1.29 is 23.5 Å². The molecular weight excluding hydrogens is 406 g/mol. The van der Waals surface area contributed by atoms with Crippen LogP contribution in [0.5, 0.6) is 0 Å². The smallest absolute Gasteiger partial charge is 0.407 e. The Labute approximate surface area is 182 Å². The lowest BCUT2D eigenvalue weighted by Gasteiger charge is -2.52. The van der Waals surface area contributed by atoms with Gasteiger partial charge in [0, 0.05) is 44.7 Å². The Bertz CT molecular complexity index is 722. The summed E-state index contributed by atoms with van der Waals surface area (Å²) in [5.41, 5.74) is 0.201. The minimum Gasteiger partial charge on any atom is -0.465 e. The number of hydrogen-bond acceptors (Lipinski definition) is 3. The molecule has 31 heavy (non-hydrogen) atoms. The summed E-state index contributed by atoms with van der Waals surface area (Å²) in [6.45, 7) is 3.81. The van der Waals surface area contributed by atoms with Gasteiger partial charge in [-0.15, -0.1) is 0 Å². The van der Waals surface area contributed by atoms with Crippen molar-refractivity contribution in [1.29, 1.82) is 0 Å². The zero-order chi connectivity index (χ0) is 21.8. The van der Waals surface area contributed by atoms with Gasteiger partial charge in [0.1, 0.15) is 0 Å². The zero-order valence-corrected chi connectivity index (χ0v) is 18.1. The van der Waals surface area contributed by atoms with Crippen molar-refractivity contribution >= 4 is 12.1 Å². The minimum absolute atomic E-state index is 0.163. The van der Waals surface area contributed by atoms with E-state index >= 15 is 0 Å². The predicted molar refractivity (Wildman–Crippen MR) is 110 cm³/mol. The number of carboxylic acid groups (broad SMARTS) is 1. The molecule has 0 aromatic carbocycles. The van der Waals surface area contributed by atoms with Gasteiger partial charge in [0.15, 0.2) is 0 Å². The predicted octanol–water partition coefficient (Wildman–Crippen LogP) is 3.16. The van der Waals surface area contributed by atoms with Crippen LogP contribution in [-0.2, 0) is 0 Å². The molecule has 4 heterocycles. The number of hydrogen-bond donors (Lipinski definition) is 1. The average Bonchev–Trinajstić information content (AvgIpc) is 3.44. The van der Waals surface area contributed by atoms with E-state index in [9.17, 15) is 23.5 Å². The molecule has 174 valence electrons. The van der Waals surface area contributed by atoms with Crippen molar-refractivity contribution in [2.75, 3.05) is 45.8 Å². The number of carbonyl (C=O) groups excluding carboxylic acids is 1. The summed E-state index contributed by atoms with van der Waals surface area (Å²) in [6.07, 6.45) is 6.21. The van der Waals surface area contributed by atoms with Crippen LogP contribution in [0, 0.1) is 11.3 Å². The first-order valence-corrected chi connectivity index (χ1v) is 11.9. The molecule has 0 aromatic heterocycles. The van der Waals surface area contributed by atoms with Gasteiger partial charge < -0.3 is 24.7 Å². The second-order valence-corrected chi connectivity index (χ2v) is 10.6. The molecule has 1 atom stereocenters. The minimum atomic E-state index is -2.74. The van der Waals surface area contributed by atoms with Gasteiger partial charge in [-0.2, -0.15) is 0 Å². The Balaban J connectivity index is 1.11. The fraction of sp³-hybridized carbons (Fsp3) is 0.909. The van der Waals surface area contributed by atoms with Crippen molar-refractivity contribution in [2.24, 2.45) is 11.3 Å². The number of likely N-dealkylation sites (tertiary alicyclic amines) is 4. The molecule has 1 aliphatic carbocycles. The Morgan fingerprint density at radius 1 is 0.871 bits per heavy atom.